The number of aliphatic hydroxyl groups excluding tert-OH is 1. The van der Waals surface area contributed by atoms with Crippen LogP contribution in [-0.2, 0) is 6.54 Å². The highest BCUT2D eigenvalue weighted by Crippen LogP contribution is 2.31. The van der Waals surface area contributed by atoms with Gasteiger partial charge in [-0.3, -0.25) is 15.0 Å². The second-order valence-corrected chi connectivity index (χ2v) is 9.54. The Morgan fingerprint density at radius 1 is 1.16 bits per heavy atom. The minimum atomic E-state index is -4.83. The highest BCUT2D eigenvalue weighted by atomic mass is 19.4. The van der Waals surface area contributed by atoms with Crippen LogP contribution in [0.25, 0.3) is 0 Å². The molecule has 0 amide bonds. The number of para-hydroxylation sites is 1. The van der Waals surface area contributed by atoms with Crippen molar-refractivity contribution >= 4 is 17.5 Å². The number of anilines is 2. The van der Waals surface area contributed by atoms with E-state index in [0.29, 0.717) is 18.5 Å². The molecule has 1 aliphatic carbocycles. The van der Waals surface area contributed by atoms with Gasteiger partial charge < -0.3 is 20.5 Å². The number of halogens is 3. The molecule has 10 nitrogen and oxygen atoms in total. The molecule has 2 fully saturated rings. The van der Waals surface area contributed by atoms with Gasteiger partial charge in [0, 0.05) is 31.2 Å². The monoisotopic (exact) mass is 524 g/mol. The van der Waals surface area contributed by atoms with Crippen LogP contribution < -0.4 is 15.4 Å². The van der Waals surface area contributed by atoms with Crippen LogP contribution in [-0.4, -0.2) is 63.0 Å². The number of hydrogen-bond donors (Lipinski definition) is 3. The number of nitrogens with one attached hydrogen (secondary N) is 2. The van der Waals surface area contributed by atoms with Crippen molar-refractivity contribution in [3.63, 3.8) is 0 Å². The lowest BCUT2D eigenvalue weighted by molar-refractivity contribution is -0.384. The summed E-state index contributed by atoms with van der Waals surface area (Å²) in [6, 6.07) is 6.14. The second-order valence-electron chi connectivity index (χ2n) is 9.54. The average molecular weight is 525 g/mol. The van der Waals surface area contributed by atoms with Gasteiger partial charge >= 0.3 is 12.0 Å². The molecule has 0 spiro atoms. The number of piperidine rings is 1. The molecule has 1 aromatic heterocycles. The maximum atomic E-state index is 12.7. The molecule has 2 aromatic rings. The Labute approximate surface area is 212 Å². The molecule has 0 radical (unpaired) electrons. The van der Waals surface area contributed by atoms with Crippen molar-refractivity contribution in [2.45, 2.75) is 63.6 Å². The predicted molar refractivity (Wildman–Crippen MR) is 130 cm³/mol. The highest BCUT2D eigenvalue weighted by Gasteiger charge is 2.32. The molecule has 4 rings (SSSR count). The highest BCUT2D eigenvalue weighted by molar-refractivity contribution is 5.57. The molecular weight excluding hydrogens is 493 g/mol. The zero-order valence-electron chi connectivity index (χ0n) is 20.3. The first-order valence-electron chi connectivity index (χ1n) is 12.4. The first-order chi connectivity index (χ1) is 17.7. The van der Waals surface area contributed by atoms with Gasteiger partial charge in [-0.25, -0.2) is 4.98 Å². The van der Waals surface area contributed by atoms with Gasteiger partial charge in [0.2, 0.25) is 11.8 Å². The van der Waals surface area contributed by atoms with E-state index < -0.39 is 11.3 Å². The molecule has 0 bridgehead atoms. The van der Waals surface area contributed by atoms with Crippen LogP contribution in [0.5, 0.6) is 5.75 Å². The van der Waals surface area contributed by atoms with E-state index in [1.807, 2.05) is 0 Å². The quantitative estimate of drug-likeness (QED) is 0.325. The molecule has 3 N–H and O–H groups in total. The Morgan fingerprint density at radius 3 is 2.62 bits per heavy atom. The molecule has 37 heavy (non-hydrogen) atoms. The van der Waals surface area contributed by atoms with E-state index in [4.69, 9.17) is 0 Å². The normalized spacial score (nSPS) is 22.9. The SMILES string of the molecule is O=[N+]([O-])c1cnc(NCc2ccccc2OC(F)(F)F)nc1NCC1CCC(N2CCCC(O)C2)CC1. The molecule has 2 heterocycles. The van der Waals surface area contributed by atoms with Crippen LogP contribution in [0, 0.1) is 16.0 Å². The number of aliphatic hydroxyl groups is 1. The Kier molecular flexibility index (Phi) is 8.64. The predicted octanol–water partition coefficient (Wildman–Crippen LogP) is 4.32. The van der Waals surface area contributed by atoms with Crippen LogP contribution in [0.3, 0.4) is 0 Å². The van der Waals surface area contributed by atoms with Crippen molar-refractivity contribution < 1.29 is 27.9 Å². The number of benzene rings is 1. The molecule has 1 aliphatic heterocycles. The summed E-state index contributed by atoms with van der Waals surface area (Å²) < 4.78 is 42.1. The fraction of sp³-hybridized carbons (Fsp3) is 0.583. The van der Waals surface area contributed by atoms with E-state index in [1.165, 1.54) is 18.2 Å². The summed E-state index contributed by atoms with van der Waals surface area (Å²) in [5, 5.41) is 27.4. The van der Waals surface area contributed by atoms with Crippen molar-refractivity contribution in [2.75, 3.05) is 30.3 Å². The Morgan fingerprint density at radius 2 is 1.92 bits per heavy atom. The number of rotatable bonds is 9. The number of likely N-dealkylation sites (tertiary alicyclic amines) is 1. The molecular formula is C24H31F3N6O4. The zero-order chi connectivity index (χ0) is 26.4. The Balaban J connectivity index is 1.34. The molecule has 1 saturated heterocycles. The van der Waals surface area contributed by atoms with Gasteiger partial charge in [-0.05, 0) is 57.1 Å². The molecule has 1 atom stereocenters. The van der Waals surface area contributed by atoms with Gasteiger partial charge in [-0.15, -0.1) is 13.2 Å². The standard InChI is InChI=1S/C24H31F3N6O4/c25-24(26,27)37-21-6-2-1-4-17(21)13-29-23-30-14-20(33(35)36)22(31-23)28-12-16-7-9-18(10-8-16)32-11-3-5-19(34)15-32/h1-2,4,6,14,16,18-19,34H,3,5,7-13,15H2,(H2,28,29,30,31). The van der Waals surface area contributed by atoms with Crippen molar-refractivity contribution in [2.24, 2.45) is 5.92 Å². The molecule has 1 aromatic carbocycles. The summed E-state index contributed by atoms with van der Waals surface area (Å²) in [6.07, 6.45) is 1.82. The molecule has 2 aliphatic rings. The van der Waals surface area contributed by atoms with Gasteiger partial charge in [0.25, 0.3) is 0 Å². The minimum absolute atomic E-state index is 0.0438. The summed E-state index contributed by atoms with van der Waals surface area (Å²) in [5.74, 6) is 0.0756. The van der Waals surface area contributed by atoms with Crippen LogP contribution in [0.2, 0.25) is 0 Å². The number of aromatic nitrogens is 2. The van der Waals surface area contributed by atoms with Crippen molar-refractivity contribution in [1.29, 1.82) is 0 Å². The van der Waals surface area contributed by atoms with Crippen LogP contribution in [0.4, 0.5) is 30.6 Å². The number of hydrogen-bond acceptors (Lipinski definition) is 9. The van der Waals surface area contributed by atoms with Crippen LogP contribution in [0.1, 0.15) is 44.1 Å². The maximum Gasteiger partial charge on any atom is 0.573 e. The van der Waals surface area contributed by atoms with E-state index in [1.54, 1.807) is 6.07 Å². The van der Waals surface area contributed by atoms with Gasteiger partial charge in [0.15, 0.2) is 0 Å². The van der Waals surface area contributed by atoms with E-state index in [2.05, 4.69) is 30.2 Å². The van der Waals surface area contributed by atoms with Crippen molar-refractivity contribution in [3.8, 4) is 5.75 Å². The fourth-order valence-electron chi connectivity index (χ4n) is 5.04. The number of β-amino-alcohol motifs (C(OH)–C–C–N with tert-alkyl or cyclic N) is 1. The third-order valence-corrected chi connectivity index (χ3v) is 6.92. The number of ether oxygens (including phenoxy) is 1. The third-order valence-electron chi connectivity index (χ3n) is 6.92. The van der Waals surface area contributed by atoms with Gasteiger partial charge in [0.1, 0.15) is 11.9 Å². The fourth-order valence-corrected chi connectivity index (χ4v) is 5.04. The largest absolute Gasteiger partial charge is 0.573 e. The van der Waals surface area contributed by atoms with Gasteiger partial charge in [-0.1, -0.05) is 18.2 Å². The lowest BCUT2D eigenvalue weighted by Crippen LogP contribution is -2.46. The Hall–Kier alpha value is -3.19. The smallest absolute Gasteiger partial charge is 0.405 e. The summed E-state index contributed by atoms with van der Waals surface area (Å²) in [4.78, 5) is 21.5. The van der Waals surface area contributed by atoms with Gasteiger partial charge in [-0.2, -0.15) is 4.98 Å². The summed E-state index contributed by atoms with van der Waals surface area (Å²) >= 11 is 0. The summed E-state index contributed by atoms with van der Waals surface area (Å²) in [5.41, 5.74) is -0.0448. The Bertz CT molecular complexity index is 1070. The third kappa shape index (κ3) is 7.65. The second kappa shape index (κ2) is 11.9. The van der Waals surface area contributed by atoms with Crippen LogP contribution >= 0.6 is 0 Å². The number of nitro groups is 1. The number of nitrogens with zero attached hydrogens (tertiary/aromatic N) is 4. The maximum absolute atomic E-state index is 12.7. The number of alkyl halides is 3. The van der Waals surface area contributed by atoms with E-state index in [9.17, 15) is 28.4 Å². The lowest BCUT2D eigenvalue weighted by Gasteiger charge is -2.40. The van der Waals surface area contributed by atoms with E-state index >= 15 is 0 Å². The first kappa shape index (κ1) is 26.9. The zero-order valence-corrected chi connectivity index (χ0v) is 20.3. The van der Waals surface area contributed by atoms with Crippen molar-refractivity contribution in [1.82, 2.24) is 14.9 Å². The van der Waals surface area contributed by atoms with E-state index in [0.717, 1.165) is 57.8 Å². The summed E-state index contributed by atoms with van der Waals surface area (Å²) in [7, 11) is 0. The van der Waals surface area contributed by atoms with Crippen LogP contribution in [0.15, 0.2) is 30.5 Å². The minimum Gasteiger partial charge on any atom is -0.405 e. The summed E-state index contributed by atoms with van der Waals surface area (Å²) in [6.45, 7) is 2.18. The van der Waals surface area contributed by atoms with Gasteiger partial charge in [0.05, 0.1) is 11.0 Å². The van der Waals surface area contributed by atoms with Crippen molar-refractivity contribution in [3.05, 3.63) is 46.1 Å². The lowest BCUT2D eigenvalue weighted by atomic mass is 9.84. The molecule has 1 saturated carbocycles. The molecule has 202 valence electrons. The molecule has 1 unspecified atom stereocenters. The first-order valence-corrected chi connectivity index (χ1v) is 12.4. The van der Waals surface area contributed by atoms with E-state index in [-0.39, 0.29) is 41.4 Å². The molecule has 13 heteroatoms. The average Bonchev–Trinajstić information content (AvgIpc) is 2.86. The topological polar surface area (TPSA) is 126 Å².